The SMILES string of the molecule is CC(C)c1cc(-c2[c-]cccc2)ncc1[Si](C)(C)C.[Ir].[c-]1ccc2c(sc3cc(-c4ccccc4)ccc32)c1-c1cc(-c2ccccc2)ccn1. The van der Waals surface area contributed by atoms with Crippen molar-refractivity contribution in [2.24, 2.45) is 0 Å². The quantitative estimate of drug-likeness (QED) is 0.123. The molecular weight excluding hydrogens is 833 g/mol. The minimum Gasteiger partial charge on any atom is -0.305 e. The van der Waals surface area contributed by atoms with Crippen LogP contribution in [0.4, 0.5) is 0 Å². The molecule has 0 saturated carbocycles. The van der Waals surface area contributed by atoms with E-state index in [2.05, 4.69) is 160 Å². The first kappa shape index (κ1) is 36.3. The molecule has 0 aliphatic heterocycles. The number of thiophene rings is 1. The third-order valence-corrected chi connectivity index (χ3v) is 12.2. The Bertz CT molecular complexity index is 2380. The van der Waals surface area contributed by atoms with Crippen molar-refractivity contribution >= 4 is 44.8 Å². The summed E-state index contributed by atoms with van der Waals surface area (Å²) in [6.07, 6.45) is 3.99. The van der Waals surface area contributed by atoms with E-state index in [0.29, 0.717) is 5.92 Å². The Hall–Kier alpha value is -4.51. The summed E-state index contributed by atoms with van der Waals surface area (Å²) in [5.74, 6) is 0.534. The number of hydrogen-bond acceptors (Lipinski definition) is 3. The fourth-order valence-electron chi connectivity index (χ4n) is 6.39. The van der Waals surface area contributed by atoms with Crippen molar-refractivity contribution < 1.29 is 20.1 Å². The molecule has 0 bridgehead atoms. The van der Waals surface area contributed by atoms with Crippen molar-refractivity contribution in [1.29, 1.82) is 0 Å². The van der Waals surface area contributed by atoms with E-state index in [1.807, 2.05) is 47.9 Å². The zero-order valence-corrected chi connectivity index (χ0v) is 33.8. The standard InChI is InChI=1S/C29H18NS.C17H22NSi.Ir/c1-3-8-20(9-4-1)22-14-15-24-25-12-7-13-26(29(25)31-28(24)19-22)27-18-23(16-17-30-27)21-10-5-2-6-11-21;1-13(2)15-11-16(14-9-7-6-8-10-14)18-12-17(15)19(3,4)5;/h1-12,14-19H;6-9,11-13H,1-5H3;/q2*-1;. The number of pyridine rings is 2. The van der Waals surface area contributed by atoms with Gasteiger partial charge in [-0.25, -0.2) is 0 Å². The molecule has 3 aromatic heterocycles. The van der Waals surface area contributed by atoms with Gasteiger partial charge in [-0.3, -0.25) is 0 Å². The molecule has 0 amide bonds. The van der Waals surface area contributed by atoms with E-state index in [1.165, 1.54) is 53.2 Å². The summed E-state index contributed by atoms with van der Waals surface area (Å²) < 4.78 is 2.52. The molecule has 0 fully saturated rings. The van der Waals surface area contributed by atoms with E-state index in [0.717, 1.165) is 22.5 Å². The van der Waals surface area contributed by atoms with E-state index in [9.17, 15) is 0 Å². The second kappa shape index (κ2) is 15.8. The Labute approximate surface area is 320 Å². The van der Waals surface area contributed by atoms with Crippen molar-refractivity contribution in [1.82, 2.24) is 9.97 Å². The Balaban J connectivity index is 0.000000194. The Kier molecular flexibility index (Phi) is 11.2. The number of nitrogens with zero attached hydrogens (tertiary/aromatic N) is 2. The van der Waals surface area contributed by atoms with Gasteiger partial charge in [-0.2, -0.15) is 11.3 Å². The van der Waals surface area contributed by atoms with Crippen molar-refractivity contribution in [3.05, 3.63) is 164 Å². The van der Waals surface area contributed by atoms with Crippen LogP contribution in [0.1, 0.15) is 25.3 Å². The van der Waals surface area contributed by atoms with Crippen LogP contribution in [-0.4, -0.2) is 18.0 Å². The normalized spacial score (nSPS) is 11.3. The van der Waals surface area contributed by atoms with Crippen LogP contribution in [0, 0.1) is 12.1 Å². The maximum absolute atomic E-state index is 4.70. The minimum absolute atomic E-state index is 0. The smallest absolute Gasteiger partial charge is 0.0799 e. The van der Waals surface area contributed by atoms with Gasteiger partial charge >= 0.3 is 0 Å². The first-order valence-corrected chi connectivity index (χ1v) is 21.5. The van der Waals surface area contributed by atoms with Gasteiger partial charge in [0.25, 0.3) is 0 Å². The van der Waals surface area contributed by atoms with Gasteiger partial charge in [0, 0.05) is 37.2 Å². The predicted molar refractivity (Wildman–Crippen MR) is 218 cm³/mol. The summed E-state index contributed by atoms with van der Waals surface area (Å²) in [7, 11) is -1.34. The molecule has 8 aromatic rings. The second-order valence-corrected chi connectivity index (χ2v) is 20.0. The second-order valence-electron chi connectivity index (χ2n) is 13.9. The zero-order valence-electron chi connectivity index (χ0n) is 29.6. The molecule has 51 heavy (non-hydrogen) atoms. The monoisotopic (exact) mass is 873 g/mol. The van der Waals surface area contributed by atoms with Crippen LogP contribution in [0.2, 0.25) is 19.6 Å². The number of fused-ring (bicyclic) bond motifs is 3. The van der Waals surface area contributed by atoms with Gasteiger partial charge in [-0.15, -0.1) is 59.7 Å². The Morgan fingerprint density at radius 1 is 0.608 bits per heavy atom. The molecule has 3 heterocycles. The zero-order chi connectivity index (χ0) is 34.7. The molecule has 0 N–H and O–H groups in total. The average Bonchev–Trinajstić information content (AvgIpc) is 3.54. The van der Waals surface area contributed by atoms with E-state index >= 15 is 0 Å². The van der Waals surface area contributed by atoms with E-state index < -0.39 is 8.07 Å². The molecule has 0 atom stereocenters. The first-order chi connectivity index (χ1) is 24.3. The first-order valence-electron chi connectivity index (χ1n) is 17.2. The summed E-state index contributed by atoms with van der Waals surface area (Å²) in [6, 6.07) is 53.2. The number of aromatic nitrogens is 2. The minimum atomic E-state index is -1.34. The maximum atomic E-state index is 4.70. The molecule has 1 radical (unpaired) electrons. The van der Waals surface area contributed by atoms with Crippen LogP contribution in [0.3, 0.4) is 0 Å². The van der Waals surface area contributed by atoms with Crippen molar-refractivity contribution in [3.8, 4) is 44.8 Å². The maximum Gasteiger partial charge on any atom is 0.0799 e. The molecule has 0 unspecified atom stereocenters. The van der Waals surface area contributed by atoms with E-state index in [1.54, 1.807) is 0 Å². The largest absolute Gasteiger partial charge is 0.305 e. The van der Waals surface area contributed by atoms with Crippen molar-refractivity contribution in [3.63, 3.8) is 0 Å². The molecule has 8 rings (SSSR count). The molecule has 5 heteroatoms. The van der Waals surface area contributed by atoms with Gasteiger partial charge < -0.3 is 9.97 Å². The van der Waals surface area contributed by atoms with E-state index in [-0.39, 0.29) is 20.1 Å². The average molecular weight is 873 g/mol. The molecule has 0 saturated heterocycles. The van der Waals surface area contributed by atoms with Crippen LogP contribution in [0.5, 0.6) is 0 Å². The third kappa shape index (κ3) is 8.03. The Morgan fingerprint density at radius 3 is 1.94 bits per heavy atom. The van der Waals surface area contributed by atoms with Gasteiger partial charge in [0.05, 0.1) is 8.07 Å². The van der Waals surface area contributed by atoms with Gasteiger partial charge in [-0.1, -0.05) is 129 Å². The number of rotatable bonds is 6. The Morgan fingerprint density at radius 2 is 1.29 bits per heavy atom. The molecule has 0 spiro atoms. The van der Waals surface area contributed by atoms with Crippen LogP contribution in [0.25, 0.3) is 64.9 Å². The molecular formula is C46H40IrN2SSi-2. The van der Waals surface area contributed by atoms with Crippen LogP contribution >= 0.6 is 11.3 Å². The van der Waals surface area contributed by atoms with Crippen LogP contribution in [-0.2, 0) is 20.1 Å². The number of benzene rings is 5. The third-order valence-electron chi connectivity index (χ3n) is 9.01. The van der Waals surface area contributed by atoms with Crippen molar-refractivity contribution in [2.45, 2.75) is 39.4 Å². The summed E-state index contributed by atoms with van der Waals surface area (Å²) >= 11 is 1.82. The summed E-state index contributed by atoms with van der Waals surface area (Å²) in [5, 5.41) is 4.02. The molecule has 0 aliphatic rings. The van der Waals surface area contributed by atoms with Crippen molar-refractivity contribution in [2.75, 3.05) is 0 Å². The fraction of sp³-hybridized carbons (Fsp3) is 0.130. The van der Waals surface area contributed by atoms with Gasteiger partial charge in [-0.05, 0) is 67.0 Å². The van der Waals surface area contributed by atoms with Gasteiger partial charge in [0.1, 0.15) is 0 Å². The van der Waals surface area contributed by atoms with Gasteiger partial charge in [0.15, 0.2) is 0 Å². The molecule has 5 aromatic carbocycles. The molecule has 255 valence electrons. The van der Waals surface area contributed by atoms with Crippen LogP contribution in [0.15, 0.2) is 146 Å². The van der Waals surface area contributed by atoms with Gasteiger partial charge in [0.2, 0.25) is 0 Å². The molecule has 0 aliphatic carbocycles. The fourth-order valence-corrected chi connectivity index (χ4v) is 9.32. The number of hydrogen-bond donors (Lipinski definition) is 0. The topological polar surface area (TPSA) is 25.8 Å². The summed E-state index contributed by atoms with van der Waals surface area (Å²) in [4.78, 5) is 9.36. The predicted octanol–water partition coefficient (Wildman–Crippen LogP) is 12.5. The van der Waals surface area contributed by atoms with E-state index in [4.69, 9.17) is 4.98 Å². The van der Waals surface area contributed by atoms with Crippen LogP contribution < -0.4 is 5.19 Å². The summed E-state index contributed by atoms with van der Waals surface area (Å²) in [6.45, 7) is 11.7. The summed E-state index contributed by atoms with van der Waals surface area (Å²) in [5.41, 5.74) is 10.4. The molecule has 2 nitrogen and oxygen atoms in total.